The number of hydrogen-bond acceptors (Lipinski definition) is 8. The first kappa shape index (κ1) is 22.4. The first-order valence-corrected chi connectivity index (χ1v) is 15.3. The van der Waals surface area contributed by atoms with Crippen molar-refractivity contribution in [3.05, 3.63) is 65.9 Å². The average Bonchev–Trinajstić information content (AvgIpc) is 3.57. The number of piperazine rings is 1. The van der Waals surface area contributed by atoms with Gasteiger partial charge in [0.15, 0.2) is 0 Å². The molecule has 0 aliphatic carbocycles. The Morgan fingerprint density at radius 1 is 1.18 bits per heavy atom. The Morgan fingerprint density at radius 3 is 2.82 bits per heavy atom. The first-order valence-electron chi connectivity index (χ1n) is 18.8. The summed E-state index contributed by atoms with van der Waals surface area (Å²) in [5.41, 5.74) is 3.97. The van der Waals surface area contributed by atoms with Gasteiger partial charge in [-0.15, -0.1) is 0 Å². The molecule has 44 heavy (non-hydrogen) atoms. The Kier molecular flexibility index (Phi) is 6.52. The fourth-order valence-corrected chi connectivity index (χ4v) is 6.90. The van der Waals surface area contributed by atoms with Crippen LogP contribution in [0.2, 0.25) is 0 Å². The van der Waals surface area contributed by atoms with Crippen LogP contribution in [0.25, 0.3) is 10.8 Å². The molecule has 1 amide bonds. The molecule has 6 rings (SSSR count). The number of fused-ring (bicyclic) bond motifs is 2. The lowest BCUT2D eigenvalue weighted by Gasteiger charge is -2.42. The predicted molar refractivity (Wildman–Crippen MR) is 174 cm³/mol. The molecule has 0 N–H and O–H groups in total. The van der Waals surface area contributed by atoms with Gasteiger partial charge in [0.1, 0.15) is 12.4 Å². The third-order valence-corrected chi connectivity index (χ3v) is 9.09. The molecule has 230 valence electrons. The van der Waals surface area contributed by atoms with Crippen LogP contribution in [-0.2, 0) is 17.8 Å². The van der Waals surface area contributed by atoms with Gasteiger partial charge in [-0.3, -0.25) is 9.69 Å². The van der Waals surface area contributed by atoms with E-state index in [0.29, 0.717) is 57.8 Å². The molecular formula is C35H43N7O2. The Labute approximate surface area is 270 Å². The number of carbonyl (C=O) groups is 1. The molecule has 9 heteroatoms. The van der Waals surface area contributed by atoms with Crippen LogP contribution in [0.4, 0.5) is 11.5 Å². The average molecular weight is 601 g/mol. The van der Waals surface area contributed by atoms with E-state index in [1.165, 1.54) is 16.4 Å². The van der Waals surface area contributed by atoms with E-state index in [4.69, 9.17) is 24.3 Å². The lowest BCUT2D eigenvalue weighted by Crippen LogP contribution is -2.55. The summed E-state index contributed by atoms with van der Waals surface area (Å²) < 4.78 is 63.0. The fourth-order valence-electron chi connectivity index (χ4n) is 6.90. The smallest absolute Gasteiger partial charge is 0.318 e. The summed E-state index contributed by atoms with van der Waals surface area (Å²) in [4.78, 5) is 29.7. The number of anilines is 2. The molecule has 9 nitrogen and oxygen atoms in total. The highest BCUT2D eigenvalue weighted by atomic mass is 16.5. The first-order chi connectivity index (χ1) is 24.2. The van der Waals surface area contributed by atoms with Gasteiger partial charge < -0.3 is 19.4 Å². The number of nitriles is 1. The summed E-state index contributed by atoms with van der Waals surface area (Å²) in [5.74, 6) is 0.422. The van der Waals surface area contributed by atoms with Crippen molar-refractivity contribution in [1.82, 2.24) is 19.8 Å². The summed E-state index contributed by atoms with van der Waals surface area (Å²) in [6.07, 6.45) is 3.01. The zero-order valence-electron chi connectivity index (χ0n) is 32.1. The van der Waals surface area contributed by atoms with E-state index in [-0.39, 0.29) is 37.5 Å². The van der Waals surface area contributed by atoms with Crippen molar-refractivity contribution in [1.29, 1.82) is 5.26 Å². The molecule has 0 saturated carbocycles. The minimum atomic E-state index is -3.09. The van der Waals surface area contributed by atoms with Gasteiger partial charge in [0.25, 0.3) is 0 Å². The van der Waals surface area contributed by atoms with Gasteiger partial charge in [0, 0.05) is 64.5 Å². The van der Waals surface area contributed by atoms with Crippen molar-refractivity contribution in [2.24, 2.45) is 0 Å². The number of aromatic nitrogens is 2. The third-order valence-electron chi connectivity index (χ3n) is 9.09. The molecule has 0 radical (unpaired) electrons. The van der Waals surface area contributed by atoms with E-state index < -0.39 is 25.8 Å². The van der Waals surface area contributed by atoms with Crippen LogP contribution in [0.15, 0.2) is 49.1 Å². The standard InChI is InChI=1S/C35H43N7O2/c1-5-32(43)42-20-19-40(21-27(42)14-16-36)34-29-15-18-39(31-13-7-11-26-10-6-9-25(4)33(26)31)22-30(29)37-35(38-34)44-23-28-12-8-17-41(28)24(2)3/h5-7,9-11,13,24,27-28H,1,8,12,14-15,17-23H2,2-4H3/t27-,28-/m0/s1/i2D3,3D3,24D. The summed E-state index contributed by atoms with van der Waals surface area (Å²) >= 11 is 0. The van der Waals surface area contributed by atoms with Crippen LogP contribution in [0, 0.1) is 18.3 Å². The number of hydrogen-bond donors (Lipinski definition) is 0. The Balaban J connectivity index is 1.35. The summed E-state index contributed by atoms with van der Waals surface area (Å²) in [7, 11) is 0. The van der Waals surface area contributed by atoms with E-state index in [2.05, 4.69) is 53.6 Å². The maximum Gasteiger partial charge on any atom is 0.318 e. The second-order valence-corrected chi connectivity index (χ2v) is 11.7. The second-order valence-electron chi connectivity index (χ2n) is 11.7. The number of nitrogens with zero attached hydrogens (tertiary/aromatic N) is 7. The van der Waals surface area contributed by atoms with Crippen LogP contribution >= 0.6 is 0 Å². The highest BCUT2D eigenvalue weighted by Crippen LogP contribution is 2.36. The molecule has 2 fully saturated rings. The number of ether oxygens (including phenoxy) is 1. The summed E-state index contributed by atoms with van der Waals surface area (Å²) in [6.45, 7) is 1.97. The van der Waals surface area contributed by atoms with Crippen molar-refractivity contribution in [3.8, 4) is 12.1 Å². The topological polar surface area (TPSA) is 88.8 Å². The highest BCUT2D eigenvalue weighted by Gasteiger charge is 2.34. The van der Waals surface area contributed by atoms with Crippen LogP contribution in [0.3, 0.4) is 0 Å². The lowest BCUT2D eigenvalue weighted by atomic mass is 9.99. The van der Waals surface area contributed by atoms with Crippen LogP contribution in [-0.4, -0.2) is 83.1 Å². The van der Waals surface area contributed by atoms with Crippen molar-refractivity contribution in [2.45, 2.75) is 71.0 Å². The summed E-state index contributed by atoms with van der Waals surface area (Å²) in [6, 6.07) is 10.9. The molecule has 2 aromatic carbocycles. The van der Waals surface area contributed by atoms with E-state index >= 15 is 0 Å². The van der Waals surface area contributed by atoms with Crippen molar-refractivity contribution < 1.29 is 19.1 Å². The maximum atomic E-state index is 12.6. The van der Waals surface area contributed by atoms with Crippen LogP contribution in [0.1, 0.15) is 59.4 Å². The van der Waals surface area contributed by atoms with E-state index in [1.807, 2.05) is 12.1 Å². The number of carbonyl (C=O) groups excluding carboxylic acids is 1. The SMILES string of the molecule is [2H]C([2H])([2H])C([2H])(N1CCC[C@H]1COc1nc2c(c(N3CCN(C(=O)C=C)[C@@H](CC#N)C3)n1)CCN(c1cccc3cccc(C)c13)C2)C([2H])([2H])[2H]. The molecule has 0 bridgehead atoms. The molecule has 2 saturated heterocycles. The molecule has 1 aromatic heterocycles. The Morgan fingerprint density at radius 2 is 2.02 bits per heavy atom. The molecule has 4 heterocycles. The minimum Gasteiger partial charge on any atom is -0.462 e. The number of aryl methyl sites for hydroxylation is 1. The van der Waals surface area contributed by atoms with Crippen LogP contribution < -0.4 is 14.5 Å². The summed E-state index contributed by atoms with van der Waals surface area (Å²) in [5, 5.41) is 11.9. The van der Waals surface area contributed by atoms with Gasteiger partial charge in [-0.1, -0.05) is 36.9 Å². The molecule has 0 unspecified atom stereocenters. The monoisotopic (exact) mass is 600 g/mol. The molecule has 0 spiro atoms. The third kappa shape index (κ3) is 5.83. The van der Waals surface area contributed by atoms with Gasteiger partial charge in [0.05, 0.1) is 30.8 Å². The van der Waals surface area contributed by atoms with Gasteiger partial charge in [0.2, 0.25) is 5.91 Å². The van der Waals surface area contributed by atoms with Gasteiger partial charge in [-0.25, -0.2) is 0 Å². The normalized spacial score (nSPS) is 23.7. The number of amides is 1. The zero-order chi connectivity index (χ0) is 36.7. The molecule has 3 aliphatic heterocycles. The largest absolute Gasteiger partial charge is 0.462 e. The molecular weight excluding hydrogens is 550 g/mol. The van der Waals surface area contributed by atoms with Gasteiger partial charge >= 0.3 is 6.01 Å². The second kappa shape index (κ2) is 12.8. The zero-order valence-corrected chi connectivity index (χ0v) is 25.1. The number of benzene rings is 2. The van der Waals surface area contributed by atoms with E-state index in [1.54, 1.807) is 4.90 Å². The van der Waals surface area contributed by atoms with Crippen molar-refractivity contribution >= 4 is 28.2 Å². The fraction of sp³-hybridized carbons (Fsp3) is 0.486. The van der Waals surface area contributed by atoms with Crippen molar-refractivity contribution in [2.75, 3.05) is 49.1 Å². The lowest BCUT2D eigenvalue weighted by molar-refractivity contribution is -0.128. The van der Waals surface area contributed by atoms with Crippen LogP contribution in [0.5, 0.6) is 6.01 Å². The van der Waals surface area contributed by atoms with Gasteiger partial charge in [-0.05, 0) is 69.5 Å². The molecule has 3 aliphatic rings. The van der Waals surface area contributed by atoms with E-state index in [9.17, 15) is 10.1 Å². The number of rotatable bonds is 8. The van der Waals surface area contributed by atoms with Crippen molar-refractivity contribution in [3.63, 3.8) is 0 Å². The maximum absolute atomic E-state index is 12.6. The quantitative estimate of drug-likeness (QED) is 0.339. The molecule has 3 aromatic rings. The highest BCUT2D eigenvalue weighted by molar-refractivity contribution is 5.97. The number of likely N-dealkylation sites (tertiary alicyclic amines) is 1. The van der Waals surface area contributed by atoms with Gasteiger partial charge in [-0.2, -0.15) is 15.2 Å². The Hall–Kier alpha value is -4.16. The van der Waals surface area contributed by atoms with E-state index in [0.717, 1.165) is 27.9 Å². The predicted octanol–water partition coefficient (Wildman–Crippen LogP) is 4.87. The molecule has 2 atom stereocenters. The Bertz CT molecular complexity index is 1820. The minimum absolute atomic E-state index is 0.0614.